The van der Waals surface area contributed by atoms with Crippen LogP contribution in [0.4, 0.5) is 5.13 Å². The normalized spacial score (nSPS) is 17.1. The van der Waals surface area contributed by atoms with E-state index in [1.807, 2.05) is 54.6 Å². The standard InChI is InChI=1S/C23H22N4O2S2/c28-20(18-14-24-19-11-5-4-10-17(18)19)21(15-7-2-1-3-8-15)30-23-27-26-22(31-23)25-13-16-9-6-12-29-16/h1-5,7-8,10-11,14,16,21,24H,6,9,12-13H2,(H,25,26)/t16-,21+/m1/s1. The first-order valence-electron chi connectivity index (χ1n) is 10.3. The molecule has 1 fully saturated rings. The maximum absolute atomic E-state index is 13.6. The summed E-state index contributed by atoms with van der Waals surface area (Å²) >= 11 is 2.92. The van der Waals surface area contributed by atoms with Gasteiger partial charge < -0.3 is 15.0 Å². The second-order valence-corrected chi connectivity index (χ2v) is 9.74. The number of aromatic nitrogens is 3. The van der Waals surface area contributed by atoms with Gasteiger partial charge in [0.05, 0.1) is 6.10 Å². The van der Waals surface area contributed by atoms with E-state index in [9.17, 15) is 4.79 Å². The highest BCUT2D eigenvalue weighted by atomic mass is 32.2. The number of thioether (sulfide) groups is 1. The molecule has 4 aromatic rings. The second kappa shape index (κ2) is 9.21. The summed E-state index contributed by atoms with van der Waals surface area (Å²) in [6.07, 6.45) is 4.22. The van der Waals surface area contributed by atoms with Crippen LogP contribution in [0, 0.1) is 0 Å². The molecule has 31 heavy (non-hydrogen) atoms. The molecule has 0 spiro atoms. The van der Waals surface area contributed by atoms with Gasteiger partial charge in [-0.2, -0.15) is 0 Å². The fourth-order valence-corrected chi connectivity index (χ4v) is 5.77. The summed E-state index contributed by atoms with van der Waals surface area (Å²) in [4.78, 5) is 16.8. The van der Waals surface area contributed by atoms with Crippen LogP contribution in [0.3, 0.4) is 0 Å². The molecular formula is C23H22N4O2S2. The number of nitrogens with one attached hydrogen (secondary N) is 2. The number of anilines is 1. The lowest BCUT2D eigenvalue weighted by atomic mass is 10.0. The molecule has 0 saturated carbocycles. The fourth-order valence-electron chi connectivity index (χ4n) is 3.75. The summed E-state index contributed by atoms with van der Waals surface area (Å²) in [6, 6.07) is 17.7. The van der Waals surface area contributed by atoms with E-state index in [2.05, 4.69) is 20.5 Å². The first-order chi connectivity index (χ1) is 15.3. The largest absolute Gasteiger partial charge is 0.376 e. The molecule has 6 nitrogen and oxygen atoms in total. The highest BCUT2D eigenvalue weighted by molar-refractivity contribution is 8.02. The molecule has 1 aliphatic heterocycles. The molecule has 158 valence electrons. The van der Waals surface area contributed by atoms with Crippen molar-refractivity contribution >= 4 is 44.9 Å². The molecule has 2 aromatic heterocycles. The van der Waals surface area contributed by atoms with E-state index >= 15 is 0 Å². The van der Waals surface area contributed by atoms with Gasteiger partial charge in [-0.25, -0.2) is 0 Å². The SMILES string of the molecule is O=C(c1c[nH]c2ccccc12)[C@@H](Sc1nnc(NC[C@H]2CCCO2)s1)c1ccccc1. The third-order valence-electron chi connectivity index (χ3n) is 5.33. The number of para-hydroxylation sites is 1. The van der Waals surface area contributed by atoms with Crippen molar-refractivity contribution in [1.82, 2.24) is 15.2 Å². The smallest absolute Gasteiger partial charge is 0.206 e. The van der Waals surface area contributed by atoms with E-state index in [1.165, 1.54) is 23.1 Å². The van der Waals surface area contributed by atoms with E-state index in [1.54, 1.807) is 6.20 Å². The van der Waals surface area contributed by atoms with Crippen LogP contribution in [0.1, 0.15) is 34.0 Å². The average molecular weight is 451 g/mol. The van der Waals surface area contributed by atoms with Gasteiger partial charge in [0.25, 0.3) is 0 Å². The van der Waals surface area contributed by atoms with Crippen molar-refractivity contribution in [2.45, 2.75) is 28.5 Å². The molecule has 5 rings (SSSR count). The number of ether oxygens (including phenoxy) is 1. The summed E-state index contributed by atoms with van der Waals surface area (Å²) < 4.78 is 6.41. The minimum absolute atomic E-state index is 0.0534. The van der Waals surface area contributed by atoms with Crippen LogP contribution in [0.25, 0.3) is 10.9 Å². The van der Waals surface area contributed by atoms with Crippen LogP contribution in [0.15, 0.2) is 65.1 Å². The molecule has 0 radical (unpaired) electrons. The van der Waals surface area contributed by atoms with E-state index < -0.39 is 5.25 Å². The fraction of sp³-hybridized carbons (Fsp3) is 0.261. The van der Waals surface area contributed by atoms with Gasteiger partial charge in [-0.1, -0.05) is 71.6 Å². The minimum atomic E-state index is -0.403. The van der Waals surface area contributed by atoms with Crippen LogP contribution >= 0.6 is 23.1 Å². The maximum atomic E-state index is 13.6. The highest BCUT2D eigenvalue weighted by Gasteiger charge is 2.27. The van der Waals surface area contributed by atoms with E-state index in [0.717, 1.165) is 51.9 Å². The highest BCUT2D eigenvalue weighted by Crippen LogP contribution is 2.40. The number of rotatable bonds is 8. The van der Waals surface area contributed by atoms with Crippen molar-refractivity contribution in [2.24, 2.45) is 0 Å². The molecule has 2 aromatic carbocycles. The Morgan fingerprint density at radius 1 is 1.19 bits per heavy atom. The lowest BCUT2D eigenvalue weighted by Crippen LogP contribution is -2.18. The molecule has 0 bridgehead atoms. The number of nitrogens with zero attached hydrogens (tertiary/aromatic N) is 2. The number of aromatic amines is 1. The quantitative estimate of drug-likeness (QED) is 0.279. The number of Topliss-reactive ketones (excluding diaryl/α,β-unsaturated/α-hetero) is 1. The Balaban J connectivity index is 1.38. The van der Waals surface area contributed by atoms with Crippen molar-refractivity contribution in [3.8, 4) is 0 Å². The molecule has 2 N–H and O–H groups in total. The van der Waals surface area contributed by atoms with Gasteiger partial charge >= 0.3 is 0 Å². The minimum Gasteiger partial charge on any atom is -0.376 e. The number of ketones is 1. The van der Waals surface area contributed by atoms with E-state index in [4.69, 9.17) is 4.74 Å². The number of carbonyl (C=O) groups is 1. The number of fused-ring (bicyclic) bond motifs is 1. The van der Waals surface area contributed by atoms with Crippen LogP contribution in [-0.2, 0) is 4.74 Å². The predicted octanol–water partition coefficient (Wildman–Crippen LogP) is 5.33. The van der Waals surface area contributed by atoms with Gasteiger partial charge in [-0.3, -0.25) is 4.79 Å². The topological polar surface area (TPSA) is 79.9 Å². The average Bonchev–Trinajstić information content (AvgIpc) is 3.57. The van der Waals surface area contributed by atoms with Crippen LogP contribution in [0.5, 0.6) is 0 Å². The third-order valence-corrected chi connectivity index (χ3v) is 7.54. The van der Waals surface area contributed by atoms with Gasteiger partial charge in [0.2, 0.25) is 5.13 Å². The number of benzene rings is 2. The zero-order chi connectivity index (χ0) is 21.0. The van der Waals surface area contributed by atoms with E-state index in [-0.39, 0.29) is 11.9 Å². The van der Waals surface area contributed by atoms with Crippen molar-refractivity contribution in [1.29, 1.82) is 0 Å². The Bertz CT molecular complexity index is 1170. The molecular weight excluding hydrogens is 428 g/mol. The molecule has 1 saturated heterocycles. The van der Waals surface area contributed by atoms with Crippen molar-refractivity contribution in [3.05, 3.63) is 71.9 Å². The maximum Gasteiger partial charge on any atom is 0.206 e. The Morgan fingerprint density at radius 2 is 2.03 bits per heavy atom. The molecule has 0 aliphatic carbocycles. The number of hydrogen-bond donors (Lipinski definition) is 2. The molecule has 3 heterocycles. The van der Waals surface area contributed by atoms with Crippen LogP contribution in [-0.4, -0.2) is 40.2 Å². The first kappa shape index (κ1) is 20.2. The molecule has 8 heteroatoms. The lowest BCUT2D eigenvalue weighted by molar-refractivity contribution is 0.0991. The summed E-state index contributed by atoms with van der Waals surface area (Å²) in [5.74, 6) is 0.0534. The molecule has 2 atom stereocenters. The zero-order valence-corrected chi connectivity index (χ0v) is 18.4. The number of hydrogen-bond acceptors (Lipinski definition) is 7. The molecule has 1 aliphatic rings. The summed E-state index contributed by atoms with van der Waals surface area (Å²) in [6.45, 7) is 1.56. The van der Waals surface area contributed by atoms with Gasteiger partial charge in [0.1, 0.15) is 5.25 Å². The van der Waals surface area contributed by atoms with Gasteiger partial charge in [0, 0.05) is 35.8 Å². The van der Waals surface area contributed by atoms with Crippen LogP contribution < -0.4 is 5.32 Å². The Morgan fingerprint density at radius 3 is 2.87 bits per heavy atom. The number of H-pyrrole nitrogens is 1. The number of carbonyl (C=O) groups excluding carboxylic acids is 1. The van der Waals surface area contributed by atoms with Gasteiger partial charge in [0.15, 0.2) is 10.1 Å². The van der Waals surface area contributed by atoms with E-state index in [0.29, 0.717) is 5.56 Å². The van der Waals surface area contributed by atoms with Crippen molar-refractivity contribution < 1.29 is 9.53 Å². The summed E-state index contributed by atoms with van der Waals surface area (Å²) in [5, 5.41) is 13.2. The predicted molar refractivity (Wildman–Crippen MR) is 125 cm³/mol. The van der Waals surface area contributed by atoms with Gasteiger partial charge in [-0.05, 0) is 24.5 Å². The Kier molecular flexibility index (Phi) is 6.01. The summed E-state index contributed by atoms with van der Waals surface area (Å²) in [7, 11) is 0. The van der Waals surface area contributed by atoms with Crippen molar-refractivity contribution in [3.63, 3.8) is 0 Å². The zero-order valence-electron chi connectivity index (χ0n) is 16.8. The molecule has 0 unspecified atom stereocenters. The second-order valence-electron chi connectivity index (χ2n) is 7.41. The monoisotopic (exact) mass is 450 g/mol. The first-order valence-corrected chi connectivity index (χ1v) is 12.0. The van der Waals surface area contributed by atoms with Crippen molar-refractivity contribution in [2.75, 3.05) is 18.5 Å². The Hall–Kier alpha value is -2.68. The lowest BCUT2D eigenvalue weighted by Gasteiger charge is -2.14. The van der Waals surface area contributed by atoms with Gasteiger partial charge in [-0.15, -0.1) is 10.2 Å². The Labute approximate surface area is 188 Å². The molecule has 0 amide bonds. The summed E-state index contributed by atoms with van der Waals surface area (Å²) in [5.41, 5.74) is 2.60. The van der Waals surface area contributed by atoms with Crippen LogP contribution in [0.2, 0.25) is 0 Å². The third kappa shape index (κ3) is 4.51.